The highest BCUT2D eigenvalue weighted by Gasteiger charge is 2.12. The molecule has 0 amide bonds. The normalized spacial score (nSPS) is 12.9. The van der Waals surface area contributed by atoms with Gasteiger partial charge in [0.15, 0.2) is 0 Å². The summed E-state index contributed by atoms with van der Waals surface area (Å²) in [6, 6.07) is 0. The average Bonchev–Trinajstić information content (AvgIpc) is 2.21. The summed E-state index contributed by atoms with van der Waals surface area (Å²) in [5, 5.41) is -0.162. The van der Waals surface area contributed by atoms with E-state index in [4.69, 9.17) is 0 Å². The lowest BCUT2D eigenvalue weighted by Crippen LogP contribution is -2.15. The number of rotatable bonds is 8. The van der Waals surface area contributed by atoms with Crippen LogP contribution in [0.25, 0.3) is 0 Å². The summed E-state index contributed by atoms with van der Waals surface area (Å²) in [5.41, 5.74) is 0. The Hall–Kier alpha value is -0.320. The Labute approximate surface area is 93.8 Å². The van der Waals surface area contributed by atoms with Crippen LogP contribution in [0, 0.1) is 0 Å². The van der Waals surface area contributed by atoms with Crippen molar-refractivity contribution in [3.8, 4) is 0 Å². The summed E-state index contributed by atoms with van der Waals surface area (Å²) in [7, 11) is 1.36. The van der Waals surface area contributed by atoms with Crippen LogP contribution in [0.4, 0.5) is 8.78 Å². The van der Waals surface area contributed by atoms with Crippen LogP contribution in [0.5, 0.6) is 0 Å². The van der Waals surface area contributed by atoms with Crippen molar-refractivity contribution >= 4 is 17.7 Å². The largest absolute Gasteiger partial charge is 0.468 e. The zero-order valence-corrected chi connectivity index (χ0v) is 9.99. The van der Waals surface area contributed by atoms with Gasteiger partial charge in [-0.15, -0.1) is 11.8 Å². The van der Waals surface area contributed by atoms with Crippen LogP contribution in [0.2, 0.25) is 0 Å². The molecule has 0 saturated heterocycles. The maximum Gasteiger partial charge on any atom is 0.318 e. The van der Waals surface area contributed by atoms with Gasteiger partial charge in [-0.25, -0.2) is 8.78 Å². The van der Waals surface area contributed by atoms with Crippen LogP contribution in [-0.4, -0.2) is 30.5 Å². The Morgan fingerprint density at radius 3 is 2.53 bits per heavy atom. The van der Waals surface area contributed by atoms with Crippen molar-refractivity contribution in [3.63, 3.8) is 0 Å². The Balaban J connectivity index is 3.27. The molecule has 1 unspecified atom stereocenters. The molecule has 0 bridgehead atoms. The number of hydrogen-bond donors (Lipinski definition) is 0. The van der Waals surface area contributed by atoms with Crippen molar-refractivity contribution in [1.82, 2.24) is 0 Å². The predicted octanol–water partition coefficient (Wildman–Crippen LogP) is 3.11. The smallest absolute Gasteiger partial charge is 0.318 e. The number of unbranched alkanes of at least 4 members (excludes halogenated alkanes) is 2. The highest BCUT2D eigenvalue weighted by molar-refractivity contribution is 8.00. The van der Waals surface area contributed by atoms with Crippen molar-refractivity contribution < 1.29 is 18.3 Å². The molecule has 90 valence electrons. The topological polar surface area (TPSA) is 26.3 Å². The number of ether oxygens (including phenoxy) is 1. The molecule has 5 heteroatoms. The lowest BCUT2D eigenvalue weighted by atomic mass is 10.2. The molecule has 0 aliphatic carbocycles. The van der Waals surface area contributed by atoms with Gasteiger partial charge < -0.3 is 4.74 Å². The first-order chi connectivity index (χ1) is 7.07. The second-order valence-electron chi connectivity index (χ2n) is 3.28. The molecule has 0 aromatic carbocycles. The fourth-order valence-electron chi connectivity index (χ4n) is 1.07. The van der Waals surface area contributed by atoms with Crippen LogP contribution < -0.4 is 0 Å². The second kappa shape index (κ2) is 8.95. The molecule has 15 heavy (non-hydrogen) atoms. The van der Waals surface area contributed by atoms with Crippen molar-refractivity contribution in [2.24, 2.45) is 0 Å². The molecule has 0 fully saturated rings. The molecule has 0 aliphatic rings. The van der Waals surface area contributed by atoms with Crippen LogP contribution in [0.1, 0.15) is 32.6 Å². The van der Waals surface area contributed by atoms with E-state index in [9.17, 15) is 13.6 Å². The number of thioether (sulfide) groups is 1. The molecule has 0 aliphatic heterocycles. The molecule has 2 nitrogen and oxygen atoms in total. The van der Waals surface area contributed by atoms with Crippen LogP contribution in [-0.2, 0) is 9.53 Å². The monoisotopic (exact) mass is 240 g/mol. The number of halogens is 2. The summed E-state index contributed by atoms with van der Waals surface area (Å²) in [6.07, 6.45) is 0.0260. The lowest BCUT2D eigenvalue weighted by molar-refractivity contribution is -0.139. The summed E-state index contributed by atoms with van der Waals surface area (Å²) < 4.78 is 28.1. The van der Waals surface area contributed by atoms with Gasteiger partial charge in [-0.3, -0.25) is 4.79 Å². The van der Waals surface area contributed by atoms with E-state index in [1.807, 2.05) is 0 Å². The highest BCUT2D eigenvalue weighted by atomic mass is 32.2. The zero-order chi connectivity index (χ0) is 11.7. The Morgan fingerprint density at radius 2 is 2.00 bits per heavy atom. The lowest BCUT2D eigenvalue weighted by Gasteiger charge is -2.08. The van der Waals surface area contributed by atoms with E-state index in [1.165, 1.54) is 18.9 Å². The quantitative estimate of drug-likeness (QED) is 0.481. The number of carbonyl (C=O) groups is 1. The van der Waals surface area contributed by atoms with Gasteiger partial charge in [-0.1, -0.05) is 6.42 Å². The Kier molecular flexibility index (Phi) is 8.76. The predicted molar refractivity (Wildman–Crippen MR) is 58.4 cm³/mol. The summed E-state index contributed by atoms with van der Waals surface area (Å²) in [6.45, 7) is 1.79. The molecule has 0 N–H and O–H groups in total. The summed E-state index contributed by atoms with van der Waals surface area (Å²) >= 11 is 1.51. The van der Waals surface area contributed by atoms with Crippen molar-refractivity contribution in [1.29, 1.82) is 0 Å². The van der Waals surface area contributed by atoms with Gasteiger partial charge in [-0.05, 0) is 25.5 Å². The number of alkyl halides is 2. The first-order valence-electron chi connectivity index (χ1n) is 5.05. The van der Waals surface area contributed by atoms with Crippen LogP contribution >= 0.6 is 11.8 Å². The molecule has 0 aromatic rings. The van der Waals surface area contributed by atoms with Gasteiger partial charge in [0.2, 0.25) is 6.43 Å². The zero-order valence-electron chi connectivity index (χ0n) is 9.17. The van der Waals surface area contributed by atoms with Gasteiger partial charge in [0.1, 0.15) is 0 Å². The fourth-order valence-corrected chi connectivity index (χ4v) is 2.03. The molecular formula is C10H18F2O2S. The molecule has 0 radical (unpaired) electrons. The molecule has 1 atom stereocenters. The number of methoxy groups -OCH3 is 1. The van der Waals surface area contributed by atoms with Crippen molar-refractivity contribution in [3.05, 3.63) is 0 Å². The molecule has 0 rings (SSSR count). The number of hydrogen-bond acceptors (Lipinski definition) is 3. The van der Waals surface area contributed by atoms with Crippen molar-refractivity contribution in [2.45, 2.75) is 44.3 Å². The molecule has 0 heterocycles. The first-order valence-corrected chi connectivity index (χ1v) is 6.10. The maximum absolute atomic E-state index is 11.8. The third-order valence-electron chi connectivity index (χ3n) is 1.97. The summed E-state index contributed by atoms with van der Waals surface area (Å²) in [5.74, 6) is 0.590. The summed E-state index contributed by atoms with van der Waals surface area (Å²) in [4.78, 5) is 11.0. The average molecular weight is 240 g/mol. The van der Waals surface area contributed by atoms with E-state index in [-0.39, 0.29) is 17.6 Å². The fraction of sp³-hybridized carbons (Fsp3) is 0.900. The Morgan fingerprint density at radius 1 is 1.33 bits per heavy atom. The third-order valence-corrected chi connectivity index (χ3v) is 3.18. The molecule has 0 saturated carbocycles. The van der Waals surface area contributed by atoms with Crippen molar-refractivity contribution in [2.75, 3.05) is 12.9 Å². The van der Waals surface area contributed by atoms with E-state index in [2.05, 4.69) is 4.74 Å². The minimum Gasteiger partial charge on any atom is -0.468 e. The Bertz CT molecular complexity index is 177. The number of esters is 1. The second-order valence-corrected chi connectivity index (χ2v) is 4.73. The molecule has 0 spiro atoms. The van der Waals surface area contributed by atoms with E-state index < -0.39 is 6.43 Å². The van der Waals surface area contributed by atoms with E-state index >= 15 is 0 Å². The minimum absolute atomic E-state index is 0.0166. The van der Waals surface area contributed by atoms with Gasteiger partial charge in [-0.2, -0.15) is 0 Å². The van der Waals surface area contributed by atoms with E-state index in [1.54, 1.807) is 6.92 Å². The van der Waals surface area contributed by atoms with Gasteiger partial charge in [0, 0.05) is 6.42 Å². The third kappa shape index (κ3) is 8.66. The highest BCUT2D eigenvalue weighted by Crippen LogP contribution is 2.15. The molecule has 0 aromatic heterocycles. The number of carbonyl (C=O) groups excluding carboxylic acids is 1. The SMILES string of the molecule is COC(=O)C(C)SCCCCCC(F)F. The van der Waals surface area contributed by atoms with Crippen LogP contribution in [0.3, 0.4) is 0 Å². The standard InChI is InChI=1S/C10H18F2O2S/c1-8(10(13)14-2)15-7-5-3-4-6-9(11)12/h8-9H,3-7H2,1-2H3. The van der Waals surface area contributed by atoms with Crippen LogP contribution in [0.15, 0.2) is 0 Å². The minimum atomic E-state index is -2.19. The van der Waals surface area contributed by atoms with E-state index in [0.717, 1.165) is 18.6 Å². The maximum atomic E-state index is 11.8. The van der Waals surface area contributed by atoms with Gasteiger partial charge in [0.05, 0.1) is 12.4 Å². The molecular weight excluding hydrogens is 222 g/mol. The van der Waals surface area contributed by atoms with E-state index in [0.29, 0.717) is 6.42 Å². The van der Waals surface area contributed by atoms with Gasteiger partial charge >= 0.3 is 5.97 Å². The van der Waals surface area contributed by atoms with Gasteiger partial charge in [0.25, 0.3) is 0 Å². The first kappa shape index (κ1) is 14.7.